The minimum Gasteiger partial charge on any atom is -0.493 e. The zero-order valence-corrected chi connectivity index (χ0v) is 12.3. The molecule has 0 aromatic heterocycles. The highest BCUT2D eigenvalue weighted by molar-refractivity contribution is 6.00. The number of para-hydroxylation sites is 1. The fourth-order valence-corrected chi connectivity index (χ4v) is 2.03. The smallest absolute Gasteiger partial charge is 0.180 e. The van der Waals surface area contributed by atoms with Crippen molar-refractivity contribution in [2.75, 3.05) is 20.7 Å². The second-order valence-corrected chi connectivity index (χ2v) is 4.56. The van der Waals surface area contributed by atoms with Gasteiger partial charge in [-0.3, -0.25) is 4.79 Å². The van der Waals surface area contributed by atoms with Crippen LogP contribution < -0.4 is 14.8 Å². The normalized spacial score (nSPS) is 10.2. The van der Waals surface area contributed by atoms with Crippen LogP contribution in [-0.2, 0) is 6.61 Å². The molecular weight excluding hydrogens is 266 g/mol. The molecule has 1 N–H and O–H groups in total. The summed E-state index contributed by atoms with van der Waals surface area (Å²) in [6.07, 6.45) is 0. The van der Waals surface area contributed by atoms with Crippen LogP contribution in [0.3, 0.4) is 0 Å². The van der Waals surface area contributed by atoms with E-state index in [1.807, 2.05) is 30.3 Å². The fraction of sp³-hybridized carbons (Fsp3) is 0.235. The number of likely N-dealkylation sites (N-methyl/N-ethyl adjacent to an activating group) is 1. The van der Waals surface area contributed by atoms with E-state index in [4.69, 9.17) is 9.47 Å². The van der Waals surface area contributed by atoms with Crippen molar-refractivity contribution < 1.29 is 14.3 Å². The van der Waals surface area contributed by atoms with Gasteiger partial charge >= 0.3 is 0 Å². The molecule has 0 saturated carbocycles. The van der Waals surface area contributed by atoms with E-state index >= 15 is 0 Å². The number of carbonyl (C=O) groups is 1. The molecule has 0 amide bonds. The Morgan fingerprint density at radius 2 is 1.86 bits per heavy atom. The predicted molar refractivity (Wildman–Crippen MR) is 82.0 cm³/mol. The molecule has 2 rings (SSSR count). The van der Waals surface area contributed by atoms with Crippen molar-refractivity contribution in [2.24, 2.45) is 0 Å². The number of Topliss-reactive ketones (excluding diaryl/α,β-unsaturated/α-hetero) is 1. The molecule has 4 nitrogen and oxygen atoms in total. The predicted octanol–water partition coefficient (Wildman–Crippen LogP) is 2.68. The quantitative estimate of drug-likeness (QED) is 0.795. The number of benzene rings is 2. The number of ketones is 1. The van der Waals surface area contributed by atoms with Crippen LogP contribution in [0.15, 0.2) is 48.5 Å². The van der Waals surface area contributed by atoms with Gasteiger partial charge in [0.05, 0.1) is 19.2 Å². The average molecular weight is 285 g/mol. The van der Waals surface area contributed by atoms with Gasteiger partial charge in [-0.25, -0.2) is 0 Å². The zero-order valence-electron chi connectivity index (χ0n) is 12.3. The lowest BCUT2D eigenvalue weighted by Gasteiger charge is -2.14. The van der Waals surface area contributed by atoms with Crippen LogP contribution in [0.1, 0.15) is 15.9 Å². The van der Waals surface area contributed by atoms with Crippen molar-refractivity contribution in [3.05, 3.63) is 59.7 Å². The van der Waals surface area contributed by atoms with Gasteiger partial charge < -0.3 is 14.8 Å². The van der Waals surface area contributed by atoms with Crippen molar-refractivity contribution in [3.8, 4) is 11.5 Å². The summed E-state index contributed by atoms with van der Waals surface area (Å²) >= 11 is 0. The summed E-state index contributed by atoms with van der Waals surface area (Å²) in [7, 11) is 3.31. The largest absolute Gasteiger partial charge is 0.493 e. The van der Waals surface area contributed by atoms with Crippen LogP contribution in [0.4, 0.5) is 0 Å². The van der Waals surface area contributed by atoms with Gasteiger partial charge in [-0.15, -0.1) is 0 Å². The topological polar surface area (TPSA) is 47.6 Å². The SMILES string of the molecule is CNCC(=O)c1cccc(OC)c1OCc1ccccc1. The van der Waals surface area contributed by atoms with Crippen LogP contribution in [0.5, 0.6) is 11.5 Å². The van der Waals surface area contributed by atoms with Gasteiger partial charge in [0, 0.05) is 0 Å². The molecule has 0 saturated heterocycles. The van der Waals surface area contributed by atoms with Gasteiger partial charge in [0.1, 0.15) is 6.61 Å². The molecule has 110 valence electrons. The maximum Gasteiger partial charge on any atom is 0.180 e. The van der Waals surface area contributed by atoms with Crippen LogP contribution >= 0.6 is 0 Å². The summed E-state index contributed by atoms with van der Waals surface area (Å²) in [4.78, 5) is 12.1. The first kappa shape index (κ1) is 15.1. The van der Waals surface area contributed by atoms with Gasteiger partial charge in [-0.1, -0.05) is 36.4 Å². The Bertz CT molecular complexity index is 596. The van der Waals surface area contributed by atoms with E-state index in [0.29, 0.717) is 23.7 Å². The van der Waals surface area contributed by atoms with Crippen LogP contribution in [0.2, 0.25) is 0 Å². The van der Waals surface area contributed by atoms with Crippen LogP contribution in [0.25, 0.3) is 0 Å². The maximum absolute atomic E-state index is 12.1. The number of hydrogen-bond donors (Lipinski definition) is 1. The molecule has 21 heavy (non-hydrogen) atoms. The third kappa shape index (κ3) is 3.83. The standard InChI is InChI=1S/C17H19NO3/c1-18-11-15(19)14-9-6-10-16(20-2)17(14)21-12-13-7-4-3-5-8-13/h3-10,18H,11-12H2,1-2H3. The van der Waals surface area contributed by atoms with E-state index in [-0.39, 0.29) is 12.3 Å². The molecule has 4 heteroatoms. The molecule has 0 aliphatic carbocycles. The molecule has 0 unspecified atom stereocenters. The molecule has 0 aliphatic heterocycles. The second kappa shape index (κ2) is 7.45. The molecule has 0 bridgehead atoms. The van der Waals surface area contributed by atoms with Crippen LogP contribution in [-0.4, -0.2) is 26.5 Å². The Labute approximate surface area is 124 Å². The Kier molecular flexibility index (Phi) is 5.35. The Morgan fingerprint density at radius 3 is 2.52 bits per heavy atom. The lowest BCUT2D eigenvalue weighted by Crippen LogP contribution is -2.19. The van der Waals surface area contributed by atoms with Crippen molar-refractivity contribution in [1.29, 1.82) is 0 Å². The lowest BCUT2D eigenvalue weighted by atomic mass is 10.1. The molecule has 0 aliphatic rings. The Morgan fingerprint density at radius 1 is 1.10 bits per heavy atom. The summed E-state index contributed by atoms with van der Waals surface area (Å²) in [5, 5.41) is 2.86. The fourth-order valence-electron chi connectivity index (χ4n) is 2.03. The van der Waals surface area contributed by atoms with Crippen molar-refractivity contribution in [1.82, 2.24) is 5.32 Å². The summed E-state index contributed by atoms with van der Waals surface area (Å²) in [5.74, 6) is 1.02. The highest BCUT2D eigenvalue weighted by atomic mass is 16.5. The van der Waals surface area contributed by atoms with Gasteiger partial charge in [-0.2, -0.15) is 0 Å². The molecule has 0 atom stereocenters. The van der Waals surface area contributed by atoms with E-state index in [9.17, 15) is 4.79 Å². The minimum absolute atomic E-state index is 0.0283. The molecule has 0 spiro atoms. The maximum atomic E-state index is 12.1. The van der Waals surface area contributed by atoms with Gasteiger partial charge in [-0.05, 0) is 24.7 Å². The number of hydrogen-bond acceptors (Lipinski definition) is 4. The first-order valence-electron chi connectivity index (χ1n) is 6.77. The summed E-state index contributed by atoms with van der Waals surface area (Å²) in [6, 6.07) is 15.1. The molecule has 2 aromatic rings. The first-order chi connectivity index (χ1) is 10.3. The Hall–Kier alpha value is -2.33. The van der Waals surface area contributed by atoms with E-state index < -0.39 is 0 Å². The number of carbonyl (C=O) groups excluding carboxylic acids is 1. The van der Waals surface area contributed by atoms with E-state index in [1.54, 1.807) is 32.4 Å². The van der Waals surface area contributed by atoms with Crippen molar-refractivity contribution in [2.45, 2.75) is 6.61 Å². The number of ether oxygens (including phenoxy) is 2. The zero-order chi connectivity index (χ0) is 15.1. The summed E-state index contributed by atoms with van der Waals surface area (Å²) in [6.45, 7) is 0.649. The van der Waals surface area contributed by atoms with Crippen molar-refractivity contribution in [3.63, 3.8) is 0 Å². The monoisotopic (exact) mass is 285 g/mol. The molecule has 0 heterocycles. The van der Waals surface area contributed by atoms with E-state index in [1.165, 1.54) is 0 Å². The molecular formula is C17H19NO3. The number of rotatable bonds is 7. The van der Waals surface area contributed by atoms with Crippen molar-refractivity contribution >= 4 is 5.78 Å². The average Bonchev–Trinajstić information content (AvgIpc) is 2.53. The van der Waals surface area contributed by atoms with Crippen LogP contribution in [0, 0.1) is 0 Å². The molecule has 0 radical (unpaired) electrons. The van der Waals surface area contributed by atoms with E-state index in [2.05, 4.69) is 5.32 Å². The lowest BCUT2D eigenvalue weighted by molar-refractivity contribution is 0.0988. The third-order valence-electron chi connectivity index (χ3n) is 3.06. The number of nitrogens with one attached hydrogen (secondary N) is 1. The summed E-state index contributed by atoms with van der Waals surface area (Å²) < 4.78 is 11.1. The first-order valence-corrected chi connectivity index (χ1v) is 6.77. The highest BCUT2D eigenvalue weighted by Crippen LogP contribution is 2.32. The molecule has 2 aromatic carbocycles. The van der Waals surface area contributed by atoms with E-state index in [0.717, 1.165) is 5.56 Å². The summed E-state index contributed by atoms with van der Waals surface area (Å²) in [5.41, 5.74) is 1.56. The minimum atomic E-state index is -0.0283. The second-order valence-electron chi connectivity index (χ2n) is 4.56. The Balaban J connectivity index is 2.25. The van der Waals surface area contributed by atoms with Gasteiger partial charge in [0.25, 0.3) is 0 Å². The number of methoxy groups -OCH3 is 1. The third-order valence-corrected chi connectivity index (χ3v) is 3.06. The van der Waals surface area contributed by atoms with Gasteiger partial charge in [0.2, 0.25) is 0 Å². The molecule has 0 fully saturated rings. The highest BCUT2D eigenvalue weighted by Gasteiger charge is 2.16. The van der Waals surface area contributed by atoms with Gasteiger partial charge in [0.15, 0.2) is 17.3 Å².